The van der Waals surface area contributed by atoms with Crippen molar-refractivity contribution in [3.63, 3.8) is 0 Å². The van der Waals surface area contributed by atoms with Crippen LogP contribution in [0.2, 0.25) is 5.02 Å². The van der Waals surface area contributed by atoms with Gasteiger partial charge < -0.3 is 10.5 Å². The number of nitrogens with one attached hydrogen (secondary N) is 1. The summed E-state index contributed by atoms with van der Waals surface area (Å²) in [5, 5.41) is 0.159. The molecule has 0 spiro atoms. The van der Waals surface area contributed by atoms with Crippen molar-refractivity contribution in [3.05, 3.63) is 23.2 Å². The quantitative estimate of drug-likeness (QED) is 0.832. The van der Waals surface area contributed by atoms with Gasteiger partial charge in [0, 0.05) is 24.3 Å². The van der Waals surface area contributed by atoms with Crippen LogP contribution in [0.1, 0.15) is 20.3 Å². The molecule has 5 nitrogen and oxygen atoms in total. The van der Waals surface area contributed by atoms with Crippen LogP contribution in [-0.4, -0.2) is 27.7 Å². The van der Waals surface area contributed by atoms with Crippen LogP contribution < -0.4 is 10.5 Å². The van der Waals surface area contributed by atoms with E-state index in [-0.39, 0.29) is 27.5 Å². The van der Waals surface area contributed by atoms with Crippen LogP contribution in [0, 0.1) is 5.41 Å². The van der Waals surface area contributed by atoms with Crippen molar-refractivity contribution >= 4 is 27.3 Å². The summed E-state index contributed by atoms with van der Waals surface area (Å²) in [6.07, 6.45) is 0.689. The van der Waals surface area contributed by atoms with Gasteiger partial charge in [-0.3, -0.25) is 0 Å². The molecule has 0 aromatic heterocycles. The monoisotopic (exact) mass is 318 g/mol. The predicted octanol–water partition coefficient (Wildman–Crippen LogP) is 2.01. The van der Waals surface area contributed by atoms with Crippen molar-refractivity contribution in [2.24, 2.45) is 5.41 Å². The highest BCUT2D eigenvalue weighted by Gasteiger charge is 2.50. The highest BCUT2D eigenvalue weighted by molar-refractivity contribution is 7.89. The normalized spacial score (nSPS) is 25.2. The average molecular weight is 319 g/mol. The minimum absolute atomic E-state index is 0.0100. The number of methoxy groups -OCH3 is 1. The summed E-state index contributed by atoms with van der Waals surface area (Å²) in [4.78, 5) is 0.0100. The Kier molecular flexibility index (Phi) is 4.03. The van der Waals surface area contributed by atoms with Gasteiger partial charge in [-0.2, -0.15) is 0 Å². The third kappa shape index (κ3) is 2.65. The molecule has 1 aliphatic carbocycles. The van der Waals surface area contributed by atoms with E-state index in [1.165, 1.54) is 12.1 Å². The standard InChI is InChI=1S/C13H19ClN2O3S/c1-13(2)11(7-12(13)19-3)16-20(17,18)10-6-8(15)4-5-9(10)14/h4-6,11-12,16H,7,15H2,1-3H3. The van der Waals surface area contributed by atoms with Gasteiger partial charge in [-0.25, -0.2) is 13.1 Å². The Bertz CT molecular complexity index is 616. The molecule has 2 rings (SSSR count). The fourth-order valence-electron chi connectivity index (χ4n) is 2.46. The maximum atomic E-state index is 12.4. The summed E-state index contributed by atoms with van der Waals surface area (Å²) >= 11 is 5.95. The molecule has 2 unspecified atom stereocenters. The molecule has 0 radical (unpaired) electrons. The lowest BCUT2D eigenvalue weighted by Crippen LogP contribution is -2.61. The first-order valence-corrected chi connectivity index (χ1v) is 8.14. The van der Waals surface area contributed by atoms with Gasteiger partial charge in [-0.05, 0) is 24.6 Å². The van der Waals surface area contributed by atoms with E-state index in [4.69, 9.17) is 22.1 Å². The van der Waals surface area contributed by atoms with Crippen molar-refractivity contribution in [2.75, 3.05) is 12.8 Å². The zero-order valence-electron chi connectivity index (χ0n) is 11.7. The Balaban J connectivity index is 2.23. The lowest BCUT2D eigenvalue weighted by Gasteiger charge is -2.50. The van der Waals surface area contributed by atoms with Gasteiger partial charge in [0.15, 0.2) is 0 Å². The average Bonchev–Trinajstić information content (AvgIpc) is 2.36. The Morgan fingerprint density at radius 3 is 2.65 bits per heavy atom. The van der Waals surface area contributed by atoms with Crippen molar-refractivity contribution in [1.82, 2.24) is 4.72 Å². The van der Waals surface area contributed by atoms with E-state index in [9.17, 15) is 8.42 Å². The van der Waals surface area contributed by atoms with E-state index in [0.29, 0.717) is 12.1 Å². The molecule has 3 N–H and O–H groups in total. The highest BCUT2D eigenvalue weighted by atomic mass is 35.5. The summed E-state index contributed by atoms with van der Waals surface area (Å²) < 4.78 is 32.8. The van der Waals surface area contributed by atoms with Crippen LogP contribution in [0.3, 0.4) is 0 Å². The van der Waals surface area contributed by atoms with Gasteiger partial charge in [-0.1, -0.05) is 25.4 Å². The molecule has 1 aliphatic rings. The van der Waals surface area contributed by atoms with E-state index in [1.807, 2.05) is 13.8 Å². The highest BCUT2D eigenvalue weighted by Crippen LogP contribution is 2.43. The number of rotatable bonds is 4. The minimum atomic E-state index is -3.69. The van der Waals surface area contributed by atoms with E-state index in [2.05, 4.69) is 4.72 Å². The van der Waals surface area contributed by atoms with Crippen molar-refractivity contribution in [1.29, 1.82) is 0 Å². The molecular weight excluding hydrogens is 300 g/mol. The molecule has 112 valence electrons. The smallest absolute Gasteiger partial charge is 0.242 e. The molecule has 0 bridgehead atoms. The van der Waals surface area contributed by atoms with E-state index in [1.54, 1.807) is 13.2 Å². The van der Waals surface area contributed by atoms with Gasteiger partial charge in [0.05, 0.1) is 11.1 Å². The van der Waals surface area contributed by atoms with Crippen molar-refractivity contribution in [3.8, 4) is 0 Å². The third-order valence-corrected chi connectivity index (χ3v) is 5.96. The minimum Gasteiger partial charge on any atom is -0.399 e. The largest absolute Gasteiger partial charge is 0.399 e. The van der Waals surface area contributed by atoms with Gasteiger partial charge in [-0.15, -0.1) is 0 Å². The second kappa shape index (κ2) is 5.18. The Labute approximate surface area is 124 Å². The number of nitrogen functional groups attached to an aromatic ring is 1. The second-order valence-corrected chi connectivity index (χ2v) is 7.73. The Hall–Kier alpha value is -0.820. The number of hydrogen-bond donors (Lipinski definition) is 2. The van der Waals surface area contributed by atoms with Crippen LogP contribution in [-0.2, 0) is 14.8 Å². The van der Waals surface area contributed by atoms with Crippen LogP contribution in [0.25, 0.3) is 0 Å². The summed E-state index contributed by atoms with van der Waals surface area (Å²) in [5.74, 6) is 0. The van der Waals surface area contributed by atoms with Gasteiger partial charge in [0.2, 0.25) is 10.0 Å². The van der Waals surface area contributed by atoms with Gasteiger partial charge in [0.25, 0.3) is 0 Å². The molecule has 0 saturated heterocycles. The lowest BCUT2D eigenvalue weighted by molar-refractivity contribution is -0.0908. The molecule has 1 fully saturated rings. The second-order valence-electron chi connectivity index (χ2n) is 5.65. The zero-order valence-corrected chi connectivity index (χ0v) is 13.3. The molecular formula is C13H19ClN2O3S. The van der Waals surface area contributed by atoms with E-state index < -0.39 is 10.0 Å². The first-order valence-electron chi connectivity index (χ1n) is 6.28. The summed E-state index contributed by atoms with van der Waals surface area (Å²) in [6.45, 7) is 3.94. The third-order valence-electron chi connectivity index (χ3n) is 4.00. The number of halogens is 1. The Morgan fingerprint density at radius 1 is 1.45 bits per heavy atom. The van der Waals surface area contributed by atoms with E-state index in [0.717, 1.165) is 0 Å². The molecule has 1 aromatic rings. The molecule has 7 heteroatoms. The van der Waals surface area contributed by atoms with Crippen LogP contribution >= 0.6 is 11.6 Å². The maximum Gasteiger partial charge on any atom is 0.242 e. The number of ether oxygens (including phenoxy) is 1. The number of benzene rings is 1. The molecule has 0 aliphatic heterocycles. The molecule has 20 heavy (non-hydrogen) atoms. The number of nitrogens with two attached hydrogens (primary N) is 1. The molecule has 1 saturated carbocycles. The lowest BCUT2D eigenvalue weighted by atomic mass is 9.65. The fraction of sp³-hybridized carbons (Fsp3) is 0.538. The van der Waals surface area contributed by atoms with Crippen LogP contribution in [0.4, 0.5) is 5.69 Å². The summed E-state index contributed by atoms with van der Waals surface area (Å²) in [7, 11) is -2.06. The zero-order chi connectivity index (χ0) is 15.1. The first-order chi connectivity index (χ1) is 9.18. The van der Waals surface area contributed by atoms with Crippen molar-refractivity contribution < 1.29 is 13.2 Å². The van der Waals surface area contributed by atoms with Gasteiger partial charge in [0.1, 0.15) is 4.90 Å². The van der Waals surface area contributed by atoms with Crippen molar-refractivity contribution in [2.45, 2.75) is 37.3 Å². The number of hydrogen-bond acceptors (Lipinski definition) is 4. The molecule has 2 atom stereocenters. The van der Waals surface area contributed by atoms with Crippen LogP contribution in [0.5, 0.6) is 0 Å². The SMILES string of the molecule is COC1CC(NS(=O)(=O)c2cc(N)ccc2Cl)C1(C)C. The van der Waals surface area contributed by atoms with Gasteiger partial charge >= 0.3 is 0 Å². The van der Waals surface area contributed by atoms with E-state index >= 15 is 0 Å². The molecule has 0 amide bonds. The topological polar surface area (TPSA) is 81.4 Å². The molecule has 1 aromatic carbocycles. The number of anilines is 1. The Morgan fingerprint density at radius 2 is 2.10 bits per heavy atom. The summed E-state index contributed by atoms with van der Waals surface area (Å²) in [5.41, 5.74) is 5.73. The maximum absolute atomic E-state index is 12.4. The molecule has 0 heterocycles. The van der Waals surface area contributed by atoms with Crippen LogP contribution in [0.15, 0.2) is 23.1 Å². The first kappa shape index (κ1) is 15.6. The predicted molar refractivity (Wildman–Crippen MR) is 79.2 cm³/mol. The summed E-state index contributed by atoms with van der Waals surface area (Å²) in [6, 6.07) is 4.23. The number of sulfonamides is 1. The fourth-order valence-corrected chi connectivity index (χ4v) is 4.40.